The van der Waals surface area contributed by atoms with E-state index in [1.807, 2.05) is 35.0 Å². The summed E-state index contributed by atoms with van der Waals surface area (Å²) >= 11 is 5.59. The summed E-state index contributed by atoms with van der Waals surface area (Å²) in [5, 5.41) is 1.99. The number of thiocarbonyl (C=S) groups is 1. The molecule has 0 bridgehead atoms. The fraction of sp³-hybridized carbons (Fsp3) is 0.167. The molecule has 0 saturated carbocycles. The van der Waals surface area contributed by atoms with Crippen molar-refractivity contribution < 1.29 is 17.9 Å². The van der Waals surface area contributed by atoms with Crippen LogP contribution in [0, 0.1) is 13.8 Å². The Balaban J connectivity index is 1.32. The van der Waals surface area contributed by atoms with Gasteiger partial charge in [0.15, 0.2) is 0 Å². The zero-order valence-corrected chi connectivity index (χ0v) is 21.6. The van der Waals surface area contributed by atoms with Gasteiger partial charge in [0, 0.05) is 28.6 Å². The van der Waals surface area contributed by atoms with Crippen molar-refractivity contribution in [3.8, 4) is 11.4 Å². The molecule has 1 heterocycles. The Kier molecular flexibility index (Phi) is 6.99. The first-order valence-corrected chi connectivity index (χ1v) is 12.4. The van der Waals surface area contributed by atoms with Crippen LogP contribution >= 0.6 is 12.2 Å². The van der Waals surface area contributed by atoms with Crippen molar-refractivity contribution in [1.82, 2.24) is 9.55 Å². The summed E-state index contributed by atoms with van der Waals surface area (Å²) in [6.45, 7) is 4.69. The number of hydrogen-bond acceptors (Lipinski definition) is 4. The molecule has 0 saturated heterocycles. The number of aliphatic imine (C=N–C) groups is 1. The summed E-state index contributed by atoms with van der Waals surface area (Å²) in [7, 11) is 0. The van der Waals surface area contributed by atoms with Crippen LogP contribution in [0.5, 0.6) is 5.75 Å². The predicted octanol–water partition coefficient (Wildman–Crippen LogP) is 7.73. The molecule has 8 heteroatoms. The first kappa shape index (κ1) is 25.6. The number of aryl methyl sites for hydroxylation is 2. The van der Waals surface area contributed by atoms with Crippen molar-refractivity contribution in [2.75, 3.05) is 6.54 Å². The van der Waals surface area contributed by atoms with Crippen LogP contribution in [0.4, 0.5) is 13.2 Å². The minimum absolute atomic E-state index is 0.267. The van der Waals surface area contributed by atoms with Crippen LogP contribution in [0.15, 0.2) is 84.1 Å². The van der Waals surface area contributed by atoms with Gasteiger partial charge >= 0.3 is 6.36 Å². The molecule has 0 unspecified atom stereocenters. The maximum Gasteiger partial charge on any atom is 0.573 e. The van der Waals surface area contributed by atoms with Crippen molar-refractivity contribution in [2.45, 2.75) is 26.6 Å². The molecule has 0 spiro atoms. The number of imidazole rings is 1. The first-order valence-electron chi connectivity index (χ1n) is 12.0. The minimum Gasteiger partial charge on any atom is -0.406 e. The van der Waals surface area contributed by atoms with Gasteiger partial charge in [0.1, 0.15) is 12.1 Å². The fourth-order valence-corrected chi connectivity index (χ4v) is 4.78. The Hall–Kier alpha value is -4.04. The standard InChI is InChI=1S/C30H24F3N3OS/c1-19-4-3-5-20(2)27(19)15-25(38)17-34-16-21-6-12-26-22(14-21)7-13-28-29(26)35-18-36(28)23-8-10-24(11-9-23)37-30(31,32)33/h3-14,16,18H,15,17H2,1-2H3. The molecule has 0 N–H and O–H groups in total. The van der Waals surface area contributed by atoms with Crippen LogP contribution in [0.1, 0.15) is 22.3 Å². The smallest absolute Gasteiger partial charge is 0.406 e. The van der Waals surface area contributed by atoms with Gasteiger partial charge in [-0.15, -0.1) is 13.2 Å². The second-order valence-corrected chi connectivity index (χ2v) is 9.70. The van der Waals surface area contributed by atoms with Gasteiger partial charge in [0.2, 0.25) is 0 Å². The van der Waals surface area contributed by atoms with E-state index in [1.54, 1.807) is 18.5 Å². The second-order valence-electron chi connectivity index (χ2n) is 9.13. The van der Waals surface area contributed by atoms with Crippen LogP contribution in [-0.4, -0.2) is 33.5 Å². The predicted molar refractivity (Wildman–Crippen MR) is 150 cm³/mol. The Bertz CT molecular complexity index is 1650. The lowest BCUT2D eigenvalue weighted by molar-refractivity contribution is -0.274. The van der Waals surface area contributed by atoms with Gasteiger partial charge in [-0.2, -0.15) is 0 Å². The van der Waals surface area contributed by atoms with Gasteiger partial charge in [-0.25, -0.2) is 4.98 Å². The highest BCUT2D eigenvalue weighted by Gasteiger charge is 2.31. The second kappa shape index (κ2) is 10.4. The third kappa shape index (κ3) is 5.60. The van der Waals surface area contributed by atoms with Gasteiger partial charge in [-0.05, 0) is 77.9 Å². The molecule has 0 amide bonds. The summed E-state index contributed by atoms with van der Waals surface area (Å²) in [4.78, 5) is 10.0. The van der Waals surface area contributed by atoms with Crippen LogP contribution < -0.4 is 4.74 Å². The maximum atomic E-state index is 12.5. The van der Waals surface area contributed by atoms with Gasteiger partial charge < -0.3 is 4.74 Å². The number of fused-ring (bicyclic) bond motifs is 3. The molecule has 4 nitrogen and oxygen atoms in total. The number of halogens is 3. The zero-order valence-electron chi connectivity index (χ0n) is 20.8. The lowest BCUT2D eigenvalue weighted by Gasteiger charge is -2.10. The molecule has 0 aliphatic rings. The van der Waals surface area contributed by atoms with Crippen LogP contribution in [0.25, 0.3) is 27.5 Å². The van der Waals surface area contributed by atoms with Gasteiger partial charge in [0.25, 0.3) is 0 Å². The Morgan fingerprint density at radius 1 is 1.00 bits per heavy atom. The van der Waals surface area contributed by atoms with Crippen LogP contribution in [-0.2, 0) is 6.42 Å². The van der Waals surface area contributed by atoms with E-state index in [1.165, 1.54) is 28.8 Å². The van der Waals surface area contributed by atoms with Gasteiger partial charge in [-0.1, -0.05) is 48.6 Å². The highest BCUT2D eigenvalue weighted by Crippen LogP contribution is 2.29. The molecule has 5 aromatic rings. The van der Waals surface area contributed by atoms with E-state index in [0.29, 0.717) is 12.2 Å². The molecule has 5 rings (SSSR count). The summed E-state index contributed by atoms with van der Waals surface area (Å²) in [6.07, 6.45) is -0.486. The van der Waals surface area contributed by atoms with Crippen molar-refractivity contribution in [2.24, 2.45) is 4.99 Å². The van der Waals surface area contributed by atoms with Crippen LogP contribution in [0.2, 0.25) is 0 Å². The molecule has 0 aliphatic heterocycles. The molecular formula is C30H24F3N3OS. The van der Waals surface area contributed by atoms with Gasteiger partial charge in [0.05, 0.1) is 17.6 Å². The SMILES string of the molecule is Cc1cccc(C)c1CC(=S)CN=Cc1ccc2c(ccc3c2ncn3-c2ccc(OC(F)(F)F)cc2)c1. The van der Waals surface area contributed by atoms with Crippen LogP contribution in [0.3, 0.4) is 0 Å². The Labute approximate surface area is 223 Å². The van der Waals surface area contributed by atoms with E-state index in [9.17, 15) is 13.2 Å². The fourth-order valence-electron chi connectivity index (χ4n) is 4.56. The molecular weight excluding hydrogens is 507 g/mol. The summed E-state index contributed by atoms with van der Waals surface area (Å²) in [5.74, 6) is -0.267. The van der Waals surface area contributed by atoms with E-state index in [0.717, 1.165) is 38.7 Å². The molecule has 0 radical (unpaired) electrons. The number of nitrogens with zero attached hydrogens (tertiary/aromatic N) is 3. The molecule has 38 heavy (non-hydrogen) atoms. The highest BCUT2D eigenvalue weighted by atomic mass is 32.1. The van der Waals surface area contributed by atoms with E-state index in [2.05, 4.69) is 52.8 Å². The van der Waals surface area contributed by atoms with Crippen molar-refractivity contribution in [3.63, 3.8) is 0 Å². The lowest BCUT2D eigenvalue weighted by Crippen LogP contribution is -2.17. The third-order valence-corrected chi connectivity index (χ3v) is 6.70. The molecule has 0 atom stereocenters. The van der Waals surface area contributed by atoms with Gasteiger partial charge in [-0.3, -0.25) is 9.56 Å². The summed E-state index contributed by atoms with van der Waals surface area (Å²) in [6, 6.07) is 22.0. The number of aromatic nitrogens is 2. The third-order valence-electron chi connectivity index (χ3n) is 6.43. The minimum atomic E-state index is -4.72. The summed E-state index contributed by atoms with van der Waals surface area (Å²) < 4.78 is 43.2. The van der Waals surface area contributed by atoms with Crippen molar-refractivity contribution in [1.29, 1.82) is 0 Å². The number of hydrogen-bond donors (Lipinski definition) is 0. The quantitative estimate of drug-likeness (QED) is 0.159. The average Bonchev–Trinajstić information content (AvgIpc) is 3.30. The highest BCUT2D eigenvalue weighted by molar-refractivity contribution is 7.80. The molecule has 0 fully saturated rings. The summed E-state index contributed by atoms with van der Waals surface area (Å²) in [5.41, 5.74) is 7.05. The van der Waals surface area contributed by atoms with Crippen molar-refractivity contribution in [3.05, 3.63) is 101 Å². The Morgan fingerprint density at radius 3 is 2.45 bits per heavy atom. The largest absolute Gasteiger partial charge is 0.573 e. The van der Waals surface area contributed by atoms with E-state index in [-0.39, 0.29) is 5.75 Å². The van der Waals surface area contributed by atoms with E-state index < -0.39 is 6.36 Å². The van der Waals surface area contributed by atoms with E-state index >= 15 is 0 Å². The first-order chi connectivity index (χ1) is 18.2. The molecule has 4 aromatic carbocycles. The number of benzene rings is 4. The average molecular weight is 532 g/mol. The zero-order chi connectivity index (χ0) is 26.9. The maximum absolute atomic E-state index is 12.5. The lowest BCUT2D eigenvalue weighted by atomic mass is 9.99. The topological polar surface area (TPSA) is 39.4 Å². The molecule has 192 valence electrons. The number of alkyl halides is 3. The number of ether oxygens (including phenoxy) is 1. The number of rotatable bonds is 7. The molecule has 0 aliphatic carbocycles. The molecule has 1 aromatic heterocycles. The normalized spacial score (nSPS) is 12.0. The van der Waals surface area contributed by atoms with E-state index in [4.69, 9.17) is 12.2 Å². The Morgan fingerprint density at radius 2 is 1.74 bits per heavy atom. The monoisotopic (exact) mass is 531 g/mol. The van der Waals surface area contributed by atoms with Crippen molar-refractivity contribution >= 4 is 45.1 Å².